The summed E-state index contributed by atoms with van der Waals surface area (Å²) >= 11 is 8.64. The van der Waals surface area contributed by atoms with E-state index in [4.69, 9.17) is 17.9 Å². The predicted molar refractivity (Wildman–Crippen MR) is 142 cm³/mol. The molecule has 0 saturated heterocycles. The van der Waals surface area contributed by atoms with Gasteiger partial charge >= 0.3 is 205 Å². The Balaban J connectivity index is 2.41. The summed E-state index contributed by atoms with van der Waals surface area (Å²) in [7, 11) is -5.98. The van der Waals surface area contributed by atoms with Crippen LogP contribution in [0.5, 0.6) is 0 Å². The van der Waals surface area contributed by atoms with Crippen molar-refractivity contribution in [3.63, 3.8) is 0 Å². The van der Waals surface area contributed by atoms with Crippen LogP contribution in [0.25, 0.3) is 9.02 Å². The summed E-state index contributed by atoms with van der Waals surface area (Å²) in [6.07, 6.45) is 3.85. The molecule has 0 saturated carbocycles. The Kier molecular flexibility index (Phi) is 5.33. The van der Waals surface area contributed by atoms with Gasteiger partial charge in [0.2, 0.25) is 0 Å². The number of benzene rings is 2. The van der Waals surface area contributed by atoms with Gasteiger partial charge in [0.05, 0.1) is 0 Å². The molecule has 0 unspecified atom stereocenters. The Hall–Kier alpha value is -3.24. The maximum atomic E-state index is 6.92. The van der Waals surface area contributed by atoms with Gasteiger partial charge in [0.15, 0.2) is 0 Å². The van der Waals surface area contributed by atoms with Crippen LogP contribution in [0.1, 0.15) is 27.7 Å². The van der Waals surface area contributed by atoms with Crippen molar-refractivity contribution in [2.24, 2.45) is 0 Å². The third kappa shape index (κ3) is 3.01. The summed E-state index contributed by atoms with van der Waals surface area (Å²) in [5, 5.41) is 5.40. The van der Waals surface area contributed by atoms with Crippen LogP contribution in [0.15, 0.2) is 84.3 Å². The molecule has 0 aliphatic carbocycles. The van der Waals surface area contributed by atoms with Gasteiger partial charge < -0.3 is 0 Å². The van der Waals surface area contributed by atoms with Crippen molar-refractivity contribution in [2.45, 2.75) is 27.7 Å². The first kappa shape index (κ1) is 22.9. The second kappa shape index (κ2) is 7.67. The molecular formula is C24H26N4O2S2Si+2. The molecular weight excluding hydrogens is 469 g/mol. The van der Waals surface area contributed by atoms with Crippen LogP contribution in [0.4, 0.5) is 11.4 Å². The van der Waals surface area contributed by atoms with Crippen LogP contribution < -0.4 is 0 Å². The first-order valence-corrected chi connectivity index (χ1v) is 14.0. The van der Waals surface area contributed by atoms with Gasteiger partial charge in [-0.25, -0.2) is 0 Å². The minimum absolute atomic E-state index is 0.576. The van der Waals surface area contributed by atoms with Crippen molar-refractivity contribution in [2.75, 3.05) is 0 Å². The monoisotopic (exact) mass is 494 g/mol. The molecule has 2 heterocycles. The number of nitrogens with zero attached hydrogens (tertiary/aromatic N) is 4. The van der Waals surface area contributed by atoms with Gasteiger partial charge in [-0.2, -0.15) is 0 Å². The molecule has 0 radical (unpaired) electrons. The molecule has 6 nitrogen and oxygen atoms in total. The van der Waals surface area contributed by atoms with Crippen LogP contribution in [0.2, 0.25) is 0 Å². The average molecular weight is 495 g/mol. The Morgan fingerprint density at radius 3 is 1.36 bits per heavy atom. The van der Waals surface area contributed by atoms with Gasteiger partial charge in [-0.05, 0) is 0 Å². The molecule has 4 rings (SSSR count). The van der Waals surface area contributed by atoms with Gasteiger partial charge in [0, 0.05) is 0 Å². The molecule has 168 valence electrons. The first-order valence-electron chi connectivity index (χ1n) is 10.5. The van der Waals surface area contributed by atoms with Gasteiger partial charge in [-0.1, -0.05) is 0 Å². The van der Waals surface area contributed by atoms with Crippen LogP contribution in [-0.4, -0.2) is 27.7 Å². The summed E-state index contributed by atoms with van der Waals surface area (Å²) in [6, 6.07) is 19.5. The second-order valence-corrected chi connectivity index (χ2v) is 13.2. The standard InChI is InChI=1S/C24H26N4O2S2Si/c1-19-15-21(3)29-33(25-17-31,26-18-32,27(19)23-11-7-5-8-12-23)28(20(2)16-22(4)30-33)24-13-9-6-10-14-24/h5-16,31-32H,1-4H3/q+2. The molecule has 33 heavy (non-hydrogen) atoms. The Morgan fingerprint density at radius 1 is 0.667 bits per heavy atom. The quantitative estimate of drug-likeness (QED) is 0.294. The third-order valence-electron chi connectivity index (χ3n) is 5.88. The molecule has 2 aromatic rings. The number of allylic oxidation sites excluding steroid dienone is 4. The van der Waals surface area contributed by atoms with Gasteiger partial charge in [-0.15, -0.1) is 0 Å². The number of thiocyanates is 2. The number of para-hydroxylation sites is 2. The molecule has 0 fully saturated rings. The van der Waals surface area contributed by atoms with Crippen molar-refractivity contribution in [3.8, 4) is 10.8 Å². The fraction of sp³-hybridized carbons (Fsp3) is 0.167. The summed E-state index contributed by atoms with van der Waals surface area (Å²) in [6.45, 7) is 7.65. The van der Waals surface area contributed by atoms with Crippen molar-refractivity contribution >= 4 is 55.8 Å². The molecule has 2 aliphatic rings. The molecule has 2 aromatic carbocycles. The van der Waals surface area contributed by atoms with E-state index in [9.17, 15) is 0 Å². The average Bonchev–Trinajstić information content (AvgIpc) is 2.74. The van der Waals surface area contributed by atoms with Gasteiger partial charge in [0.1, 0.15) is 0 Å². The van der Waals surface area contributed by atoms with Gasteiger partial charge in [0.25, 0.3) is 0 Å². The zero-order valence-corrected chi connectivity index (χ0v) is 21.7. The molecule has 2 aliphatic heterocycles. The first-order chi connectivity index (χ1) is 15.8. The van der Waals surface area contributed by atoms with E-state index in [-0.39, 0.29) is 0 Å². The second-order valence-electron chi connectivity index (χ2n) is 8.18. The number of hydrogen-bond acceptors (Lipinski definition) is 4. The molecule has 0 amide bonds. The Morgan fingerprint density at radius 2 is 1.03 bits per heavy atom. The van der Waals surface area contributed by atoms with E-state index >= 15 is 0 Å². The number of thiol groups is 2. The zero-order valence-electron chi connectivity index (χ0n) is 18.9. The fourth-order valence-corrected chi connectivity index (χ4v) is 12.8. The number of rotatable bonds is 2. The van der Waals surface area contributed by atoms with Crippen LogP contribution >= 0.6 is 25.3 Å². The Bertz CT molecular complexity index is 1310. The van der Waals surface area contributed by atoms with E-state index < -0.39 is 7.76 Å². The summed E-state index contributed by atoms with van der Waals surface area (Å²) in [5.41, 5.74) is 3.17. The molecule has 1 spiro atoms. The SMILES string of the molecule is CC1=CC(C)=[N+](c2ccccc2)[Si-2]2([N+]#CS)([N+]#CS)(O1)OC(C)=CC(C)=[N+]2c1ccccc1. The maximum absolute atomic E-state index is 6.92. The summed E-state index contributed by atoms with van der Waals surface area (Å²) in [4.78, 5) is 0. The molecule has 9 heteroatoms. The van der Waals surface area contributed by atoms with E-state index in [1.807, 2.05) is 109 Å². The summed E-state index contributed by atoms with van der Waals surface area (Å²) < 4.78 is 27.5. The van der Waals surface area contributed by atoms with E-state index in [0.717, 1.165) is 22.8 Å². The van der Waals surface area contributed by atoms with Crippen molar-refractivity contribution in [1.29, 1.82) is 0 Å². The molecule has 0 aromatic heterocycles. The van der Waals surface area contributed by atoms with Crippen molar-refractivity contribution in [3.05, 3.63) is 93.4 Å². The molecule has 0 atom stereocenters. The number of hydrogen-bond donors (Lipinski definition) is 2. The molecule has 0 N–H and O–H groups in total. The predicted octanol–water partition coefficient (Wildman–Crippen LogP) is 6.24. The normalized spacial score (nSPS) is 21.8. The van der Waals surface area contributed by atoms with Crippen LogP contribution in [0.3, 0.4) is 0 Å². The van der Waals surface area contributed by atoms with E-state index in [2.05, 4.69) is 36.1 Å². The minimum atomic E-state index is -5.98. The van der Waals surface area contributed by atoms with E-state index in [1.54, 1.807) is 0 Å². The van der Waals surface area contributed by atoms with Crippen LogP contribution in [-0.2, 0) is 8.85 Å². The van der Waals surface area contributed by atoms with E-state index in [1.165, 1.54) is 0 Å². The Labute approximate surface area is 204 Å². The van der Waals surface area contributed by atoms with Gasteiger partial charge in [-0.3, -0.25) is 0 Å². The van der Waals surface area contributed by atoms with E-state index in [0.29, 0.717) is 11.5 Å². The zero-order chi connectivity index (χ0) is 23.8. The van der Waals surface area contributed by atoms with Crippen molar-refractivity contribution in [1.82, 2.24) is 0 Å². The third-order valence-corrected chi connectivity index (χ3v) is 12.3. The van der Waals surface area contributed by atoms with Crippen molar-refractivity contribution < 1.29 is 17.3 Å². The molecule has 0 bridgehead atoms. The topological polar surface area (TPSA) is 33.2 Å². The summed E-state index contributed by atoms with van der Waals surface area (Å²) in [5.74, 6) is 1.15. The van der Waals surface area contributed by atoms with Crippen LogP contribution in [0, 0.1) is 10.8 Å². The fourth-order valence-electron chi connectivity index (χ4n) is 5.20.